The molecule has 0 saturated heterocycles. The fourth-order valence-corrected chi connectivity index (χ4v) is 2.86. The average Bonchev–Trinajstić information content (AvgIpc) is 2.81. The van der Waals surface area contributed by atoms with Gasteiger partial charge in [0.2, 0.25) is 6.08 Å². The highest BCUT2D eigenvalue weighted by molar-refractivity contribution is 9.10. The van der Waals surface area contributed by atoms with E-state index in [1.807, 2.05) is 0 Å². The van der Waals surface area contributed by atoms with Crippen LogP contribution in [0.25, 0.3) is 0 Å². The van der Waals surface area contributed by atoms with Crippen LogP contribution < -0.4 is 0 Å². The van der Waals surface area contributed by atoms with E-state index < -0.39 is 22.9 Å². The number of halogens is 2. The Morgan fingerprint density at radius 3 is 2.50 bits per heavy atom. The van der Waals surface area contributed by atoms with E-state index in [-0.39, 0.29) is 10.0 Å². The summed E-state index contributed by atoms with van der Waals surface area (Å²) in [4.78, 5) is 14.3. The number of benzene rings is 1. The Morgan fingerprint density at radius 2 is 1.94 bits per heavy atom. The molecule has 1 fully saturated rings. The highest BCUT2D eigenvalue weighted by Gasteiger charge is 2.39. The molecule has 0 bridgehead atoms. The number of rotatable bonds is 2. The molecule has 0 heterocycles. The predicted molar refractivity (Wildman–Crippen MR) is 65.7 cm³/mol. The van der Waals surface area contributed by atoms with Crippen LogP contribution in [0.3, 0.4) is 0 Å². The van der Waals surface area contributed by atoms with E-state index in [0.29, 0.717) is 12.8 Å². The first-order chi connectivity index (χ1) is 8.52. The van der Waals surface area contributed by atoms with Gasteiger partial charge in [0.05, 0.1) is 4.47 Å². The topological polar surface area (TPSA) is 69.9 Å². The fourth-order valence-electron chi connectivity index (χ4n) is 2.45. The molecular weight excluding hydrogens is 305 g/mol. The van der Waals surface area contributed by atoms with Crippen LogP contribution in [0.15, 0.2) is 15.5 Å². The SMILES string of the molecule is O=C=NC1(c2cc(Br)c(F)c(O)c2O)CCCC1. The van der Waals surface area contributed by atoms with Crippen LogP contribution in [0.4, 0.5) is 4.39 Å². The van der Waals surface area contributed by atoms with Gasteiger partial charge in [0.15, 0.2) is 17.3 Å². The quantitative estimate of drug-likeness (QED) is 0.500. The number of hydrogen-bond donors (Lipinski definition) is 2. The molecule has 6 heteroatoms. The molecule has 0 unspecified atom stereocenters. The molecule has 0 atom stereocenters. The molecule has 1 aromatic rings. The second-order valence-corrected chi connectivity index (χ2v) is 5.21. The molecule has 2 N–H and O–H groups in total. The van der Waals surface area contributed by atoms with Gasteiger partial charge >= 0.3 is 0 Å². The van der Waals surface area contributed by atoms with Crippen LogP contribution in [-0.2, 0) is 10.3 Å². The lowest BCUT2D eigenvalue weighted by atomic mass is 9.88. The summed E-state index contributed by atoms with van der Waals surface area (Å²) >= 11 is 2.97. The molecule has 0 spiro atoms. The molecule has 2 rings (SSSR count). The van der Waals surface area contributed by atoms with Crippen LogP contribution in [0, 0.1) is 5.82 Å². The molecule has 1 aliphatic rings. The number of phenols is 2. The lowest BCUT2D eigenvalue weighted by molar-refractivity contribution is 0.355. The standard InChI is InChI=1S/C12H11BrFNO3/c13-8-5-7(10(17)11(18)9(8)14)12(15-6-16)3-1-2-4-12/h5,17-18H,1-4H2. The molecule has 1 saturated carbocycles. The molecule has 96 valence electrons. The first kappa shape index (κ1) is 13.1. The zero-order valence-electron chi connectivity index (χ0n) is 9.41. The van der Waals surface area contributed by atoms with E-state index in [4.69, 9.17) is 0 Å². The lowest BCUT2D eigenvalue weighted by Gasteiger charge is -2.24. The summed E-state index contributed by atoms with van der Waals surface area (Å²) in [6.45, 7) is 0. The molecule has 0 amide bonds. The largest absolute Gasteiger partial charge is 0.504 e. The van der Waals surface area contributed by atoms with Gasteiger partial charge in [-0.25, -0.2) is 9.18 Å². The molecule has 0 aromatic heterocycles. The van der Waals surface area contributed by atoms with Gasteiger partial charge in [-0.1, -0.05) is 12.8 Å². The maximum absolute atomic E-state index is 13.4. The average molecular weight is 316 g/mol. The van der Waals surface area contributed by atoms with E-state index in [9.17, 15) is 19.4 Å². The van der Waals surface area contributed by atoms with Gasteiger partial charge in [-0.2, -0.15) is 4.99 Å². The Labute approximate surface area is 111 Å². The van der Waals surface area contributed by atoms with Gasteiger partial charge in [0.1, 0.15) is 5.54 Å². The summed E-state index contributed by atoms with van der Waals surface area (Å²) < 4.78 is 13.4. The smallest absolute Gasteiger partial charge is 0.235 e. The number of hydrogen-bond acceptors (Lipinski definition) is 4. The summed E-state index contributed by atoms with van der Waals surface area (Å²) in [6.07, 6.45) is 4.32. The van der Waals surface area contributed by atoms with Gasteiger partial charge < -0.3 is 10.2 Å². The van der Waals surface area contributed by atoms with E-state index in [2.05, 4.69) is 20.9 Å². The third-order valence-electron chi connectivity index (χ3n) is 3.36. The van der Waals surface area contributed by atoms with Crippen LogP contribution in [0.1, 0.15) is 31.2 Å². The first-order valence-electron chi connectivity index (χ1n) is 5.51. The summed E-state index contributed by atoms with van der Waals surface area (Å²) in [5.41, 5.74) is -0.645. The molecule has 0 radical (unpaired) electrons. The maximum atomic E-state index is 13.4. The molecule has 18 heavy (non-hydrogen) atoms. The van der Waals surface area contributed by atoms with Crippen molar-refractivity contribution >= 4 is 22.0 Å². The van der Waals surface area contributed by atoms with Crippen molar-refractivity contribution in [1.82, 2.24) is 0 Å². The molecule has 4 nitrogen and oxygen atoms in total. The molecule has 0 aliphatic heterocycles. The third kappa shape index (κ3) is 1.91. The van der Waals surface area contributed by atoms with Gasteiger partial charge in [-0.15, -0.1) is 0 Å². The number of aromatic hydroxyl groups is 2. The Morgan fingerprint density at radius 1 is 1.33 bits per heavy atom. The highest BCUT2D eigenvalue weighted by atomic mass is 79.9. The molecular formula is C12H11BrFNO3. The second kappa shape index (κ2) is 4.71. The van der Waals surface area contributed by atoms with E-state index >= 15 is 0 Å². The van der Waals surface area contributed by atoms with Gasteiger partial charge in [-0.3, -0.25) is 0 Å². The number of nitrogens with zero attached hydrogens (tertiary/aromatic N) is 1. The number of carbonyl (C=O) groups excluding carboxylic acids is 1. The van der Waals surface area contributed by atoms with Crippen molar-refractivity contribution in [3.63, 3.8) is 0 Å². The number of aliphatic imine (C=N–C) groups is 1. The van der Waals surface area contributed by atoms with Crippen molar-refractivity contribution in [1.29, 1.82) is 0 Å². The molecule has 1 aliphatic carbocycles. The van der Waals surface area contributed by atoms with Crippen LogP contribution in [0.5, 0.6) is 11.5 Å². The highest BCUT2D eigenvalue weighted by Crippen LogP contribution is 2.49. The summed E-state index contributed by atoms with van der Waals surface area (Å²) in [5, 5.41) is 19.4. The van der Waals surface area contributed by atoms with Crippen molar-refractivity contribution in [2.45, 2.75) is 31.2 Å². The minimum atomic E-state index is -0.931. The van der Waals surface area contributed by atoms with Crippen molar-refractivity contribution < 1.29 is 19.4 Å². The number of phenolic OH excluding ortho intramolecular Hbond substituents is 2. The minimum Gasteiger partial charge on any atom is -0.504 e. The van der Waals surface area contributed by atoms with Crippen LogP contribution in [-0.4, -0.2) is 16.3 Å². The first-order valence-corrected chi connectivity index (χ1v) is 6.30. The third-order valence-corrected chi connectivity index (χ3v) is 3.94. The Bertz CT molecular complexity index is 535. The van der Waals surface area contributed by atoms with Crippen molar-refractivity contribution in [2.24, 2.45) is 4.99 Å². The van der Waals surface area contributed by atoms with E-state index in [1.165, 1.54) is 12.1 Å². The fraction of sp³-hybridized carbons (Fsp3) is 0.417. The zero-order chi connectivity index (χ0) is 13.3. The Balaban J connectivity index is 2.66. The van der Waals surface area contributed by atoms with Crippen LogP contribution in [0.2, 0.25) is 0 Å². The maximum Gasteiger partial charge on any atom is 0.235 e. The van der Waals surface area contributed by atoms with Crippen LogP contribution >= 0.6 is 15.9 Å². The lowest BCUT2D eigenvalue weighted by Crippen LogP contribution is -2.19. The number of isocyanates is 1. The normalized spacial score (nSPS) is 17.4. The van der Waals surface area contributed by atoms with E-state index in [0.717, 1.165) is 12.8 Å². The summed E-state index contributed by atoms with van der Waals surface area (Å²) in [7, 11) is 0. The predicted octanol–water partition coefficient (Wildman–Crippen LogP) is 3.10. The van der Waals surface area contributed by atoms with Crippen molar-refractivity contribution in [3.8, 4) is 11.5 Å². The zero-order valence-corrected chi connectivity index (χ0v) is 11.0. The summed E-state index contributed by atoms with van der Waals surface area (Å²) in [6, 6.07) is 1.36. The molecule has 1 aromatic carbocycles. The minimum absolute atomic E-state index is 0.0279. The summed E-state index contributed by atoms with van der Waals surface area (Å²) in [5.74, 6) is -2.32. The Kier molecular flexibility index (Phi) is 3.41. The Hall–Kier alpha value is -1.39. The van der Waals surface area contributed by atoms with E-state index in [1.54, 1.807) is 0 Å². The van der Waals surface area contributed by atoms with Crippen molar-refractivity contribution in [3.05, 3.63) is 21.9 Å². The monoisotopic (exact) mass is 315 g/mol. The van der Waals surface area contributed by atoms with Gasteiger partial charge in [0.25, 0.3) is 0 Å². The second-order valence-electron chi connectivity index (χ2n) is 4.36. The van der Waals surface area contributed by atoms with Gasteiger partial charge in [0, 0.05) is 5.56 Å². The van der Waals surface area contributed by atoms with Crippen molar-refractivity contribution in [2.75, 3.05) is 0 Å². The van der Waals surface area contributed by atoms with Gasteiger partial charge in [-0.05, 0) is 34.8 Å².